The van der Waals surface area contributed by atoms with Crippen molar-refractivity contribution in [2.45, 2.75) is 57.8 Å². The molecule has 0 N–H and O–H groups in total. The van der Waals surface area contributed by atoms with E-state index in [0.717, 1.165) is 45.2 Å². The van der Waals surface area contributed by atoms with Crippen molar-refractivity contribution < 1.29 is 4.79 Å². The van der Waals surface area contributed by atoms with Crippen LogP contribution in [-0.2, 0) is 11.2 Å². The minimum Gasteiger partial charge on any atom is -0.342 e. The maximum atomic E-state index is 12.5. The van der Waals surface area contributed by atoms with Gasteiger partial charge in [0, 0.05) is 19.0 Å². The number of benzene rings is 1. The summed E-state index contributed by atoms with van der Waals surface area (Å²) in [5.74, 6) is 1.42. The van der Waals surface area contributed by atoms with Gasteiger partial charge in [-0.2, -0.15) is 0 Å². The van der Waals surface area contributed by atoms with E-state index in [4.69, 9.17) is 0 Å². The van der Waals surface area contributed by atoms with Gasteiger partial charge in [0.1, 0.15) is 0 Å². The van der Waals surface area contributed by atoms with Crippen LogP contribution in [0.1, 0.15) is 62.5 Å². The second kappa shape index (κ2) is 6.64. The van der Waals surface area contributed by atoms with Crippen LogP contribution in [0.15, 0.2) is 24.3 Å². The standard InChI is InChI=1S/C19H27NO/c1-2-15-7-9-16(10-8-15)17-11-13-20(14-12-17)19(21)18-5-3-4-6-18/h7-10,17-18H,2-6,11-14H2,1H3. The van der Waals surface area contributed by atoms with Gasteiger partial charge >= 0.3 is 0 Å². The Morgan fingerprint density at radius 1 is 1.05 bits per heavy atom. The maximum absolute atomic E-state index is 12.5. The van der Waals surface area contributed by atoms with E-state index in [1.54, 1.807) is 0 Å². The second-order valence-electron chi connectivity index (χ2n) is 6.68. The van der Waals surface area contributed by atoms with Gasteiger partial charge in [-0.15, -0.1) is 0 Å². The Kier molecular flexibility index (Phi) is 4.62. The number of carbonyl (C=O) groups is 1. The molecule has 0 spiro atoms. The predicted octanol–water partition coefficient (Wildman–Crippen LogP) is 4.15. The molecule has 21 heavy (non-hydrogen) atoms. The van der Waals surface area contributed by atoms with Gasteiger partial charge in [0.05, 0.1) is 0 Å². The molecule has 2 nitrogen and oxygen atoms in total. The van der Waals surface area contributed by atoms with Crippen LogP contribution in [0.2, 0.25) is 0 Å². The minimum atomic E-state index is 0.338. The van der Waals surface area contributed by atoms with Gasteiger partial charge in [-0.1, -0.05) is 44.0 Å². The molecule has 1 heterocycles. The minimum absolute atomic E-state index is 0.338. The van der Waals surface area contributed by atoms with Gasteiger partial charge in [-0.3, -0.25) is 4.79 Å². The highest BCUT2D eigenvalue weighted by molar-refractivity contribution is 5.79. The van der Waals surface area contributed by atoms with Crippen LogP contribution in [-0.4, -0.2) is 23.9 Å². The van der Waals surface area contributed by atoms with E-state index in [0.29, 0.717) is 17.7 Å². The van der Waals surface area contributed by atoms with Crippen LogP contribution in [0.5, 0.6) is 0 Å². The van der Waals surface area contributed by atoms with Crippen LogP contribution in [0.4, 0.5) is 0 Å². The molecule has 114 valence electrons. The van der Waals surface area contributed by atoms with Crippen molar-refractivity contribution in [1.82, 2.24) is 4.90 Å². The van der Waals surface area contributed by atoms with E-state index in [1.165, 1.54) is 24.0 Å². The zero-order chi connectivity index (χ0) is 14.7. The Bertz CT molecular complexity index is 465. The summed E-state index contributed by atoms with van der Waals surface area (Å²) in [5, 5.41) is 0. The normalized spacial score (nSPS) is 20.9. The molecule has 3 rings (SSSR count). The average Bonchev–Trinajstić information content (AvgIpc) is 3.09. The first-order chi connectivity index (χ1) is 10.3. The number of piperidine rings is 1. The number of rotatable bonds is 3. The van der Waals surface area contributed by atoms with Crippen molar-refractivity contribution in [3.63, 3.8) is 0 Å². The molecular formula is C19H27NO. The topological polar surface area (TPSA) is 20.3 Å². The van der Waals surface area contributed by atoms with Gasteiger partial charge < -0.3 is 4.90 Å². The molecule has 0 unspecified atom stereocenters. The largest absolute Gasteiger partial charge is 0.342 e. The van der Waals surface area contributed by atoms with Crippen LogP contribution < -0.4 is 0 Å². The van der Waals surface area contributed by atoms with Gasteiger partial charge in [0.2, 0.25) is 5.91 Å². The Labute approximate surface area is 128 Å². The van der Waals surface area contributed by atoms with E-state index in [-0.39, 0.29) is 0 Å². The van der Waals surface area contributed by atoms with Crippen LogP contribution >= 0.6 is 0 Å². The lowest BCUT2D eigenvalue weighted by Crippen LogP contribution is -2.40. The summed E-state index contributed by atoms with van der Waals surface area (Å²) in [6.07, 6.45) is 8.10. The van der Waals surface area contributed by atoms with Crippen LogP contribution in [0, 0.1) is 5.92 Å². The first-order valence-corrected chi connectivity index (χ1v) is 8.65. The molecule has 1 aromatic carbocycles. The monoisotopic (exact) mass is 285 g/mol. The molecule has 1 amide bonds. The number of hydrogen-bond donors (Lipinski definition) is 0. The summed E-state index contributed by atoms with van der Waals surface area (Å²) in [7, 11) is 0. The molecule has 1 aliphatic heterocycles. The molecule has 2 aliphatic rings. The van der Waals surface area contributed by atoms with Crippen LogP contribution in [0.3, 0.4) is 0 Å². The number of amides is 1. The highest BCUT2D eigenvalue weighted by atomic mass is 16.2. The number of aryl methyl sites for hydroxylation is 1. The third kappa shape index (κ3) is 3.30. The van der Waals surface area contributed by atoms with E-state index in [1.807, 2.05) is 0 Å². The molecule has 0 radical (unpaired) electrons. The summed E-state index contributed by atoms with van der Waals surface area (Å²) in [6.45, 7) is 4.10. The van der Waals surface area contributed by atoms with Crippen molar-refractivity contribution >= 4 is 5.91 Å². The lowest BCUT2D eigenvalue weighted by atomic mass is 9.88. The van der Waals surface area contributed by atoms with Crippen molar-refractivity contribution in [2.24, 2.45) is 5.92 Å². The van der Waals surface area contributed by atoms with Gasteiger partial charge in [-0.25, -0.2) is 0 Å². The number of hydrogen-bond acceptors (Lipinski definition) is 1. The quantitative estimate of drug-likeness (QED) is 0.817. The van der Waals surface area contributed by atoms with Gasteiger partial charge in [0.15, 0.2) is 0 Å². The fourth-order valence-corrected chi connectivity index (χ4v) is 3.89. The van der Waals surface area contributed by atoms with E-state index in [9.17, 15) is 4.79 Å². The van der Waals surface area contributed by atoms with E-state index in [2.05, 4.69) is 36.1 Å². The molecule has 1 saturated carbocycles. The zero-order valence-corrected chi connectivity index (χ0v) is 13.2. The third-order valence-electron chi connectivity index (χ3n) is 5.37. The molecule has 1 aromatic rings. The fraction of sp³-hybridized carbons (Fsp3) is 0.632. The van der Waals surface area contributed by atoms with Crippen molar-refractivity contribution in [2.75, 3.05) is 13.1 Å². The molecule has 2 fully saturated rings. The molecule has 2 heteroatoms. The molecule has 0 aromatic heterocycles. The highest BCUT2D eigenvalue weighted by Crippen LogP contribution is 2.31. The van der Waals surface area contributed by atoms with Crippen molar-refractivity contribution in [3.05, 3.63) is 35.4 Å². The predicted molar refractivity (Wildman–Crippen MR) is 86.3 cm³/mol. The average molecular weight is 285 g/mol. The lowest BCUT2D eigenvalue weighted by molar-refractivity contribution is -0.136. The number of nitrogens with zero attached hydrogens (tertiary/aromatic N) is 1. The van der Waals surface area contributed by atoms with E-state index < -0.39 is 0 Å². The van der Waals surface area contributed by atoms with Gasteiger partial charge in [-0.05, 0) is 49.1 Å². The summed E-state index contributed by atoms with van der Waals surface area (Å²) in [6, 6.07) is 9.09. The summed E-state index contributed by atoms with van der Waals surface area (Å²) >= 11 is 0. The highest BCUT2D eigenvalue weighted by Gasteiger charge is 2.30. The van der Waals surface area contributed by atoms with E-state index >= 15 is 0 Å². The number of carbonyl (C=O) groups excluding carboxylic acids is 1. The molecule has 0 bridgehead atoms. The van der Waals surface area contributed by atoms with Crippen molar-refractivity contribution in [1.29, 1.82) is 0 Å². The Morgan fingerprint density at radius 2 is 1.67 bits per heavy atom. The number of likely N-dealkylation sites (tertiary alicyclic amines) is 1. The zero-order valence-electron chi connectivity index (χ0n) is 13.2. The van der Waals surface area contributed by atoms with Gasteiger partial charge in [0.25, 0.3) is 0 Å². The second-order valence-corrected chi connectivity index (χ2v) is 6.68. The first kappa shape index (κ1) is 14.6. The smallest absolute Gasteiger partial charge is 0.225 e. The molecular weight excluding hydrogens is 258 g/mol. The SMILES string of the molecule is CCc1ccc(C2CCN(C(=O)C3CCCC3)CC2)cc1. The van der Waals surface area contributed by atoms with Crippen molar-refractivity contribution in [3.8, 4) is 0 Å². The maximum Gasteiger partial charge on any atom is 0.225 e. The third-order valence-corrected chi connectivity index (χ3v) is 5.37. The summed E-state index contributed by atoms with van der Waals surface area (Å²) in [4.78, 5) is 14.6. The molecule has 0 atom stereocenters. The first-order valence-electron chi connectivity index (χ1n) is 8.65. The summed E-state index contributed by atoms with van der Waals surface area (Å²) < 4.78 is 0. The summed E-state index contributed by atoms with van der Waals surface area (Å²) in [5.41, 5.74) is 2.87. The molecule has 1 aliphatic carbocycles. The Balaban J connectivity index is 1.55. The molecule has 1 saturated heterocycles. The fourth-order valence-electron chi connectivity index (χ4n) is 3.89. The van der Waals surface area contributed by atoms with Crippen LogP contribution in [0.25, 0.3) is 0 Å². The Morgan fingerprint density at radius 3 is 2.24 bits per heavy atom. The Hall–Kier alpha value is -1.31. The lowest BCUT2D eigenvalue weighted by Gasteiger charge is -2.34.